The van der Waals surface area contributed by atoms with E-state index in [0.29, 0.717) is 47.7 Å². The third-order valence-corrected chi connectivity index (χ3v) is 4.55. The number of pyridine rings is 1. The van der Waals surface area contributed by atoms with Crippen molar-refractivity contribution in [3.63, 3.8) is 0 Å². The van der Waals surface area contributed by atoms with E-state index in [0.717, 1.165) is 11.1 Å². The average molecular weight is 440 g/mol. The summed E-state index contributed by atoms with van der Waals surface area (Å²) in [6.45, 7) is 0.253. The Morgan fingerprint density at radius 3 is 2.35 bits per heavy atom. The average Bonchev–Trinajstić information content (AvgIpc) is 3.46. The second-order valence-corrected chi connectivity index (χ2v) is 7.03. The van der Waals surface area contributed by atoms with E-state index in [9.17, 15) is 4.79 Å². The molecule has 0 atom stereocenters. The summed E-state index contributed by atoms with van der Waals surface area (Å²) in [5.74, 6) is 1.45. The van der Waals surface area contributed by atoms with Crippen LogP contribution >= 0.6 is 11.6 Å². The van der Waals surface area contributed by atoms with Gasteiger partial charge in [-0.3, -0.25) is 9.78 Å². The monoisotopic (exact) mass is 439 g/mol. The largest absolute Gasteiger partial charge is 0.466 e. The zero-order valence-corrected chi connectivity index (χ0v) is 17.2. The number of rotatable bonds is 9. The van der Waals surface area contributed by atoms with Crippen molar-refractivity contribution in [3.05, 3.63) is 65.6 Å². The maximum Gasteiger partial charge on any atom is 0.306 e. The first-order chi connectivity index (χ1) is 15.2. The van der Waals surface area contributed by atoms with E-state index in [-0.39, 0.29) is 19.0 Å². The first-order valence-corrected chi connectivity index (χ1v) is 10.0. The summed E-state index contributed by atoms with van der Waals surface area (Å²) in [6.07, 6.45) is 4.87. The van der Waals surface area contributed by atoms with Gasteiger partial charge < -0.3 is 13.8 Å². The SMILES string of the molecule is O=C(CCc1nc(-c2ccc(Cl)cc2)no1)OCCCc1nc(-c2cccnc2)no1. The number of benzene rings is 1. The van der Waals surface area contributed by atoms with Gasteiger partial charge in [-0.25, -0.2) is 0 Å². The van der Waals surface area contributed by atoms with Gasteiger partial charge in [-0.2, -0.15) is 9.97 Å². The fourth-order valence-electron chi connectivity index (χ4n) is 2.73. The molecule has 3 heterocycles. The van der Waals surface area contributed by atoms with Crippen molar-refractivity contribution >= 4 is 17.6 Å². The summed E-state index contributed by atoms with van der Waals surface area (Å²) >= 11 is 5.87. The molecule has 0 aliphatic heterocycles. The number of aromatic nitrogens is 5. The van der Waals surface area contributed by atoms with E-state index in [4.69, 9.17) is 25.4 Å². The van der Waals surface area contributed by atoms with Crippen LogP contribution < -0.4 is 0 Å². The van der Waals surface area contributed by atoms with Crippen LogP contribution in [0.2, 0.25) is 5.02 Å². The number of nitrogens with zero attached hydrogens (tertiary/aromatic N) is 5. The lowest BCUT2D eigenvalue weighted by Gasteiger charge is -2.02. The fraction of sp³-hybridized carbons (Fsp3) is 0.238. The van der Waals surface area contributed by atoms with Gasteiger partial charge in [0.15, 0.2) is 0 Å². The Balaban J connectivity index is 1.17. The van der Waals surface area contributed by atoms with Crippen molar-refractivity contribution in [1.29, 1.82) is 0 Å². The Morgan fingerprint density at radius 1 is 0.935 bits per heavy atom. The molecule has 0 radical (unpaired) electrons. The van der Waals surface area contributed by atoms with Crippen LogP contribution in [-0.2, 0) is 22.4 Å². The van der Waals surface area contributed by atoms with Gasteiger partial charge in [-0.1, -0.05) is 21.9 Å². The molecule has 1 aromatic carbocycles. The number of carbonyl (C=O) groups is 1. The molecule has 0 fully saturated rings. The van der Waals surface area contributed by atoms with Gasteiger partial charge in [0.25, 0.3) is 0 Å². The van der Waals surface area contributed by atoms with Crippen LogP contribution in [-0.4, -0.2) is 37.8 Å². The molecule has 0 aliphatic carbocycles. The lowest BCUT2D eigenvalue weighted by atomic mass is 10.2. The van der Waals surface area contributed by atoms with Crippen LogP contribution in [0.5, 0.6) is 0 Å². The van der Waals surface area contributed by atoms with Crippen LogP contribution in [0.4, 0.5) is 0 Å². The summed E-state index contributed by atoms with van der Waals surface area (Å²) in [7, 11) is 0. The summed E-state index contributed by atoms with van der Waals surface area (Å²) in [5, 5.41) is 8.47. The number of carbonyl (C=O) groups excluding carboxylic acids is 1. The third-order valence-electron chi connectivity index (χ3n) is 4.30. The molecule has 3 aromatic heterocycles. The van der Waals surface area contributed by atoms with Crippen LogP contribution in [0.25, 0.3) is 22.8 Å². The maximum atomic E-state index is 11.9. The van der Waals surface area contributed by atoms with Crippen LogP contribution in [0, 0.1) is 0 Å². The molecule has 0 N–H and O–H groups in total. The molecule has 0 aliphatic rings. The van der Waals surface area contributed by atoms with Crippen molar-refractivity contribution in [3.8, 4) is 22.8 Å². The van der Waals surface area contributed by atoms with Gasteiger partial charge >= 0.3 is 5.97 Å². The number of aryl methyl sites for hydroxylation is 2. The van der Waals surface area contributed by atoms with E-state index in [2.05, 4.69) is 25.3 Å². The number of hydrogen-bond donors (Lipinski definition) is 0. The molecule has 0 bridgehead atoms. The van der Waals surface area contributed by atoms with E-state index in [1.165, 1.54) is 0 Å². The maximum absolute atomic E-state index is 11.9. The Hall–Kier alpha value is -3.59. The third kappa shape index (κ3) is 5.73. The standard InChI is InChI=1S/C21H18ClN5O4/c22-16-7-5-14(6-8-16)20-25-18(31-26-20)9-10-19(28)29-12-2-4-17-24-21(27-30-17)15-3-1-11-23-13-15/h1,3,5-8,11,13H,2,4,9-10,12H2. The Kier molecular flexibility index (Phi) is 6.63. The molecule has 158 valence electrons. The first kappa shape index (κ1) is 20.7. The van der Waals surface area contributed by atoms with Gasteiger partial charge in [0.1, 0.15) is 0 Å². The molecule has 0 unspecified atom stereocenters. The molecule has 0 saturated heterocycles. The highest BCUT2D eigenvalue weighted by Gasteiger charge is 2.12. The Morgan fingerprint density at radius 2 is 1.65 bits per heavy atom. The van der Waals surface area contributed by atoms with E-state index in [1.807, 2.05) is 6.07 Å². The molecule has 10 heteroatoms. The lowest BCUT2D eigenvalue weighted by molar-refractivity contribution is -0.143. The predicted molar refractivity (Wildman–Crippen MR) is 110 cm³/mol. The Bertz CT molecular complexity index is 1130. The number of ether oxygens (including phenoxy) is 1. The van der Waals surface area contributed by atoms with Crippen molar-refractivity contribution in [2.24, 2.45) is 0 Å². The first-order valence-electron chi connectivity index (χ1n) is 9.64. The molecule has 4 rings (SSSR count). The van der Waals surface area contributed by atoms with Crippen LogP contribution in [0.15, 0.2) is 57.8 Å². The normalized spacial score (nSPS) is 10.9. The van der Waals surface area contributed by atoms with Crippen molar-refractivity contribution < 1.29 is 18.6 Å². The molecule has 0 saturated carbocycles. The van der Waals surface area contributed by atoms with E-state index in [1.54, 1.807) is 42.7 Å². The molecule has 0 spiro atoms. The van der Waals surface area contributed by atoms with Gasteiger partial charge in [-0.05, 0) is 42.8 Å². The summed E-state index contributed by atoms with van der Waals surface area (Å²) in [4.78, 5) is 24.6. The van der Waals surface area contributed by atoms with Crippen molar-refractivity contribution in [2.75, 3.05) is 6.61 Å². The number of hydrogen-bond acceptors (Lipinski definition) is 9. The van der Waals surface area contributed by atoms with E-state index < -0.39 is 0 Å². The fourth-order valence-corrected chi connectivity index (χ4v) is 2.86. The van der Waals surface area contributed by atoms with Crippen LogP contribution in [0.3, 0.4) is 0 Å². The van der Waals surface area contributed by atoms with Gasteiger partial charge in [-0.15, -0.1) is 0 Å². The molecule has 9 nitrogen and oxygen atoms in total. The minimum atomic E-state index is -0.340. The molecule has 4 aromatic rings. The summed E-state index contributed by atoms with van der Waals surface area (Å²) < 4.78 is 15.6. The molecule has 0 amide bonds. The molecular formula is C21H18ClN5O4. The zero-order valence-electron chi connectivity index (χ0n) is 16.4. The van der Waals surface area contributed by atoms with Crippen LogP contribution in [0.1, 0.15) is 24.6 Å². The van der Waals surface area contributed by atoms with Crippen molar-refractivity contribution in [2.45, 2.75) is 25.7 Å². The van der Waals surface area contributed by atoms with Gasteiger partial charge in [0, 0.05) is 41.4 Å². The number of esters is 1. The second-order valence-electron chi connectivity index (χ2n) is 6.60. The smallest absolute Gasteiger partial charge is 0.306 e. The topological polar surface area (TPSA) is 117 Å². The highest BCUT2D eigenvalue weighted by Crippen LogP contribution is 2.19. The Labute approximate surface area is 182 Å². The highest BCUT2D eigenvalue weighted by molar-refractivity contribution is 6.30. The molecular weight excluding hydrogens is 422 g/mol. The second kappa shape index (κ2) is 9.94. The minimum absolute atomic E-state index is 0.147. The minimum Gasteiger partial charge on any atom is -0.466 e. The zero-order chi connectivity index (χ0) is 21.5. The van der Waals surface area contributed by atoms with Crippen molar-refractivity contribution in [1.82, 2.24) is 25.3 Å². The summed E-state index contributed by atoms with van der Waals surface area (Å²) in [5.41, 5.74) is 1.57. The quantitative estimate of drug-likeness (QED) is 0.282. The predicted octanol–water partition coefficient (Wildman–Crippen LogP) is 3.94. The highest BCUT2D eigenvalue weighted by atomic mass is 35.5. The van der Waals surface area contributed by atoms with Gasteiger partial charge in [0.05, 0.1) is 13.0 Å². The lowest BCUT2D eigenvalue weighted by Crippen LogP contribution is -2.08. The van der Waals surface area contributed by atoms with E-state index >= 15 is 0 Å². The van der Waals surface area contributed by atoms with Gasteiger partial charge in [0.2, 0.25) is 23.4 Å². The summed E-state index contributed by atoms with van der Waals surface area (Å²) in [6, 6.07) is 10.8. The number of halogens is 1. The molecule has 31 heavy (non-hydrogen) atoms.